The maximum Gasteiger partial charge on any atom is 0.250 e. The van der Waals surface area contributed by atoms with Gasteiger partial charge in [0.25, 0.3) is 5.91 Å². The van der Waals surface area contributed by atoms with Crippen LogP contribution in [-0.4, -0.2) is 51.2 Å². The van der Waals surface area contributed by atoms with Gasteiger partial charge in [-0.2, -0.15) is 5.10 Å². The second-order valence-corrected chi connectivity index (χ2v) is 7.81. The van der Waals surface area contributed by atoms with E-state index < -0.39 is 5.91 Å². The predicted molar refractivity (Wildman–Crippen MR) is 112 cm³/mol. The molecule has 2 amide bonds. The lowest BCUT2D eigenvalue weighted by molar-refractivity contribution is -0.125. The summed E-state index contributed by atoms with van der Waals surface area (Å²) in [5.41, 5.74) is 10.6. The summed E-state index contributed by atoms with van der Waals surface area (Å²) in [6.45, 7) is 6.83. The highest BCUT2D eigenvalue weighted by molar-refractivity contribution is 6.07. The number of benzene rings is 1. The van der Waals surface area contributed by atoms with Gasteiger partial charge in [-0.15, -0.1) is 0 Å². The number of hydrogen-bond donors (Lipinski definition) is 2. The van der Waals surface area contributed by atoms with Crippen molar-refractivity contribution in [3.05, 3.63) is 53.7 Å². The first-order valence-electron chi connectivity index (χ1n) is 10.1. The number of nitrogens with zero attached hydrogens (tertiary/aromatic N) is 3. The molecule has 2 aromatic heterocycles. The average molecular weight is 405 g/mol. The molecule has 1 atom stereocenters. The summed E-state index contributed by atoms with van der Waals surface area (Å²) >= 11 is 0. The molecule has 4 heterocycles. The van der Waals surface area contributed by atoms with E-state index in [1.165, 1.54) is 6.08 Å². The first-order chi connectivity index (χ1) is 14.5. The molecule has 1 fully saturated rings. The third kappa shape index (κ3) is 3.00. The van der Waals surface area contributed by atoms with Gasteiger partial charge < -0.3 is 20.4 Å². The number of nitrogens with one attached hydrogen (secondary N) is 1. The lowest BCUT2D eigenvalue weighted by Gasteiger charge is -2.15. The van der Waals surface area contributed by atoms with Crippen LogP contribution in [0.15, 0.2) is 36.9 Å². The molecular weight excluding hydrogens is 382 g/mol. The number of likely N-dealkylation sites (tertiary alicyclic amines) is 1. The molecule has 0 bridgehead atoms. The first-order valence-corrected chi connectivity index (χ1v) is 10.1. The second-order valence-electron chi connectivity index (χ2n) is 7.81. The molecular formula is C22H23N5O3. The molecule has 1 saturated heterocycles. The number of rotatable bonds is 4. The standard InChI is InChI=1S/C22H23N5O3/c1-2-20(28)26-6-5-13(11-26)15-3-4-16(22(23)29)21-17(15)10-18(24-21)19-9-14-12-30-8-7-27(14)25-19/h2-4,9-10,13,24H,1,5-8,11-12H2,(H2,23,29)/t13-/m0/s1. The molecule has 8 nitrogen and oxygen atoms in total. The van der Waals surface area contributed by atoms with Gasteiger partial charge in [-0.05, 0) is 36.3 Å². The Morgan fingerprint density at radius 1 is 1.30 bits per heavy atom. The third-order valence-electron chi connectivity index (χ3n) is 6.04. The molecule has 2 aliphatic heterocycles. The zero-order valence-corrected chi connectivity index (χ0v) is 16.6. The van der Waals surface area contributed by atoms with E-state index in [9.17, 15) is 9.59 Å². The van der Waals surface area contributed by atoms with Crippen molar-refractivity contribution in [3.8, 4) is 11.4 Å². The molecule has 3 N–H and O–H groups in total. The summed E-state index contributed by atoms with van der Waals surface area (Å²) in [4.78, 5) is 29.2. The van der Waals surface area contributed by atoms with Crippen molar-refractivity contribution in [2.24, 2.45) is 5.73 Å². The van der Waals surface area contributed by atoms with Crippen LogP contribution in [0, 0.1) is 0 Å². The number of nitrogens with two attached hydrogens (primary N) is 1. The van der Waals surface area contributed by atoms with Crippen molar-refractivity contribution in [1.29, 1.82) is 0 Å². The van der Waals surface area contributed by atoms with Crippen LogP contribution in [0.3, 0.4) is 0 Å². The summed E-state index contributed by atoms with van der Waals surface area (Å²) in [6.07, 6.45) is 2.22. The quantitative estimate of drug-likeness (QED) is 0.649. The number of aromatic nitrogens is 3. The van der Waals surface area contributed by atoms with Gasteiger partial charge in [-0.1, -0.05) is 12.6 Å². The average Bonchev–Trinajstić information content (AvgIpc) is 3.49. The number of fused-ring (bicyclic) bond motifs is 2. The summed E-state index contributed by atoms with van der Waals surface area (Å²) < 4.78 is 7.46. The fraction of sp³-hybridized carbons (Fsp3) is 0.318. The van der Waals surface area contributed by atoms with Gasteiger partial charge in [0.05, 0.1) is 42.2 Å². The maximum atomic E-state index is 12.0. The number of amides is 2. The topological polar surface area (TPSA) is 106 Å². The van der Waals surface area contributed by atoms with Crippen LogP contribution in [0.25, 0.3) is 22.3 Å². The van der Waals surface area contributed by atoms with Crippen LogP contribution in [0.2, 0.25) is 0 Å². The third-order valence-corrected chi connectivity index (χ3v) is 6.04. The highest BCUT2D eigenvalue weighted by atomic mass is 16.5. The maximum absolute atomic E-state index is 12.0. The van der Waals surface area contributed by atoms with Crippen molar-refractivity contribution in [2.75, 3.05) is 19.7 Å². The molecule has 1 aromatic carbocycles. The number of primary amides is 1. The van der Waals surface area contributed by atoms with Gasteiger partial charge >= 0.3 is 0 Å². The zero-order chi connectivity index (χ0) is 20.8. The number of H-pyrrole nitrogens is 1. The second kappa shape index (κ2) is 7.14. The molecule has 154 valence electrons. The van der Waals surface area contributed by atoms with E-state index >= 15 is 0 Å². The van der Waals surface area contributed by atoms with Crippen molar-refractivity contribution in [2.45, 2.75) is 25.5 Å². The van der Waals surface area contributed by atoms with Crippen LogP contribution in [-0.2, 0) is 22.7 Å². The fourth-order valence-electron chi connectivity index (χ4n) is 4.51. The summed E-state index contributed by atoms with van der Waals surface area (Å²) in [5, 5.41) is 5.64. The van der Waals surface area contributed by atoms with Gasteiger partial charge in [-0.3, -0.25) is 14.3 Å². The number of ether oxygens (including phenoxy) is 1. The van der Waals surface area contributed by atoms with Crippen LogP contribution >= 0.6 is 0 Å². The number of carbonyl (C=O) groups excluding carboxylic acids is 2. The van der Waals surface area contributed by atoms with Gasteiger partial charge in [-0.25, -0.2) is 0 Å². The fourth-order valence-corrected chi connectivity index (χ4v) is 4.51. The zero-order valence-electron chi connectivity index (χ0n) is 16.6. The molecule has 0 unspecified atom stereocenters. The van der Waals surface area contributed by atoms with E-state index in [1.807, 2.05) is 27.8 Å². The molecule has 0 radical (unpaired) electrons. The van der Waals surface area contributed by atoms with E-state index in [0.29, 0.717) is 37.4 Å². The van der Waals surface area contributed by atoms with Crippen LogP contribution in [0.5, 0.6) is 0 Å². The van der Waals surface area contributed by atoms with Crippen molar-refractivity contribution >= 4 is 22.7 Å². The number of aromatic amines is 1. The Balaban J connectivity index is 1.58. The Labute approximate surface area is 173 Å². The summed E-state index contributed by atoms with van der Waals surface area (Å²) in [6, 6.07) is 7.76. The van der Waals surface area contributed by atoms with E-state index in [0.717, 1.165) is 41.0 Å². The molecule has 0 saturated carbocycles. The number of hydrogen-bond acceptors (Lipinski definition) is 4. The Morgan fingerprint density at radius 2 is 2.17 bits per heavy atom. The molecule has 0 aliphatic carbocycles. The minimum Gasteiger partial charge on any atom is -0.373 e. The van der Waals surface area contributed by atoms with Crippen LogP contribution in [0.1, 0.15) is 34.0 Å². The minimum atomic E-state index is -0.479. The van der Waals surface area contributed by atoms with Crippen LogP contribution < -0.4 is 5.73 Å². The van der Waals surface area contributed by atoms with E-state index in [4.69, 9.17) is 10.5 Å². The Kier molecular flexibility index (Phi) is 4.43. The lowest BCUT2D eigenvalue weighted by atomic mass is 9.93. The molecule has 5 rings (SSSR count). The number of carbonyl (C=O) groups is 2. The Morgan fingerprint density at radius 3 is 2.93 bits per heavy atom. The normalized spacial score (nSPS) is 18.5. The smallest absolute Gasteiger partial charge is 0.250 e. The summed E-state index contributed by atoms with van der Waals surface area (Å²) in [5.74, 6) is -0.346. The molecule has 3 aromatic rings. The minimum absolute atomic E-state index is 0.0527. The van der Waals surface area contributed by atoms with E-state index in [2.05, 4.69) is 16.7 Å². The lowest BCUT2D eigenvalue weighted by Crippen LogP contribution is -2.26. The van der Waals surface area contributed by atoms with Crippen molar-refractivity contribution in [3.63, 3.8) is 0 Å². The van der Waals surface area contributed by atoms with Crippen molar-refractivity contribution < 1.29 is 14.3 Å². The Bertz CT molecular complexity index is 1150. The first kappa shape index (κ1) is 18.6. The Hall–Kier alpha value is -3.39. The highest BCUT2D eigenvalue weighted by Gasteiger charge is 2.28. The van der Waals surface area contributed by atoms with E-state index in [1.54, 1.807) is 6.07 Å². The molecule has 8 heteroatoms. The van der Waals surface area contributed by atoms with Gasteiger partial charge in [0, 0.05) is 24.4 Å². The van der Waals surface area contributed by atoms with Gasteiger partial charge in [0.2, 0.25) is 5.91 Å². The van der Waals surface area contributed by atoms with Crippen molar-refractivity contribution in [1.82, 2.24) is 19.7 Å². The molecule has 30 heavy (non-hydrogen) atoms. The monoisotopic (exact) mass is 405 g/mol. The molecule has 2 aliphatic rings. The van der Waals surface area contributed by atoms with Gasteiger partial charge in [0.15, 0.2) is 0 Å². The molecule has 0 spiro atoms. The summed E-state index contributed by atoms with van der Waals surface area (Å²) in [7, 11) is 0. The predicted octanol–water partition coefficient (Wildman–Crippen LogP) is 2.16. The SMILES string of the molecule is C=CC(=O)N1CC[C@H](c2ccc(C(N)=O)c3[nH]c(-c4cc5n(n4)CCOC5)cc23)C1. The van der Waals surface area contributed by atoms with Gasteiger partial charge in [0.1, 0.15) is 5.69 Å². The highest BCUT2D eigenvalue weighted by Crippen LogP contribution is 2.36. The van der Waals surface area contributed by atoms with Crippen LogP contribution in [0.4, 0.5) is 0 Å². The largest absolute Gasteiger partial charge is 0.373 e. The van der Waals surface area contributed by atoms with E-state index in [-0.39, 0.29) is 11.8 Å².